The van der Waals surface area contributed by atoms with Gasteiger partial charge in [-0.2, -0.15) is 0 Å². The third kappa shape index (κ3) is 3.94. The zero-order chi connectivity index (χ0) is 29.4. The second kappa shape index (κ2) is 9.98. The van der Waals surface area contributed by atoms with E-state index in [2.05, 4.69) is 10.3 Å². The molecule has 3 amide bonds. The molecule has 2 aliphatic heterocycles. The first-order chi connectivity index (χ1) is 20.2. The minimum absolute atomic E-state index is 0.0124. The number of methoxy groups -OCH3 is 2. The number of carbonyl (C=O) groups is 3. The first-order valence-electron chi connectivity index (χ1n) is 13.8. The van der Waals surface area contributed by atoms with Gasteiger partial charge in [-0.15, -0.1) is 11.8 Å². The molecule has 1 saturated heterocycles. The van der Waals surface area contributed by atoms with E-state index in [1.165, 1.54) is 35.6 Å². The Morgan fingerprint density at radius 2 is 1.71 bits per heavy atom. The first-order valence-corrected chi connectivity index (χ1v) is 15.5. The molecule has 2 aromatic carbocycles. The third-order valence-electron chi connectivity index (χ3n) is 9.40. The second-order valence-electron chi connectivity index (χ2n) is 11.3. The normalized spacial score (nSPS) is 29.6. The van der Waals surface area contributed by atoms with Gasteiger partial charge in [-0.05, 0) is 73.1 Å². The highest BCUT2D eigenvalue weighted by molar-refractivity contribution is 8.00. The zero-order valence-electron chi connectivity index (χ0n) is 23.0. The van der Waals surface area contributed by atoms with Crippen molar-refractivity contribution in [2.24, 2.45) is 29.6 Å². The van der Waals surface area contributed by atoms with Gasteiger partial charge in [0.25, 0.3) is 0 Å². The van der Waals surface area contributed by atoms with E-state index < -0.39 is 29.6 Å². The van der Waals surface area contributed by atoms with Crippen LogP contribution in [0.4, 0.5) is 10.1 Å². The number of aromatic nitrogens is 1. The molecule has 8 atom stereocenters. The van der Waals surface area contributed by atoms with Crippen LogP contribution in [0.3, 0.4) is 0 Å². The Bertz CT molecular complexity index is 1670. The number of hydrogen-bond donors (Lipinski definition) is 2. The SMILES string of the molecule is COc1ccc(C2c3sc(=O)[nH]c3SC3C4CC(C5C(=O)N(C(C)C(=O)Nc6ccc(F)cc6)C(=O)C45)C23)cc1OC. The molecule has 42 heavy (non-hydrogen) atoms. The summed E-state index contributed by atoms with van der Waals surface area (Å²) in [5.41, 5.74) is 1.34. The first kappa shape index (κ1) is 27.2. The summed E-state index contributed by atoms with van der Waals surface area (Å²) < 4.78 is 24.4. The molecular formula is C30H28FN3O6S2. The van der Waals surface area contributed by atoms with Gasteiger partial charge in [-0.25, -0.2) is 4.39 Å². The molecule has 1 aromatic heterocycles. The van der Waals surface area contributed by atoms with Crippen molar-refractivity contribution >= 4 is 46.5 Å². The highest BCUT2D eigenvalue weighted by Crippen LogP contribution is 2.68. The minimum Gasteiger partial charge on any atom is -0.493 e. The van der Waals surface area contributed by atoms with Crippen molar-refractivity contribution in [3.05, 3.63) is 68.4 Å². The Morgan fingerprint density at radius 3 is 2.40 bits per heavy atom. The van der Waals surface area contributed by atoms with Gasteiger partial charge < -0.3 is 19.8 Å². The average Bonchev–Trinajstić information content (AvgIpc) is 3.72. The molecule has 4 aliphatic rings. The molecule has 2 aliphatic carbocycles. The number of thiazole rings is 1. The lowest BCUT2D eigenvalue weighted by atomic mass is 9.68. The number of carbonyl (C=O) groups excluding carboxylic acids is 3. The van der Waals surface area contributed by atoms with Crippen LogP contribution in [0.5, 0.6) is 11.5 Å². The fraction of sp³-hybridized carbons (Fsp3) is 0.400. The molecule has 8 unspecified atom stereocenters. The Morgan fingerprint density at radius 1 is 1.02 bits per heavy atom. The van der Waals surface area contributed by atoms with Crippen molar-refractivity contribution in [2.45, 2.75) is 35.6 Å². The molecule has 2 saturated carbocycles. The number of halogens is 1. The number of rotatable bonds is 6. The summed E-state index contributed by atoms with van der Waals surface area (Å²) in [6, 6.07) is 10.1. The highest BCUT2D eigenvalue weighted by atomic mass is 32.2. The summed E-state index contributed by atoms with van der Waals surface area (Å²) in [5.74, 6) is -1.73. The van der Waals surface area contributed by atoms with E-state index in [1.807, 2.05) is 18.2 Å². The van der Waals surface area contributed by atoms with Gasteiger partial charge >= 0.3 is 4.87 Å². The Labute approximate surface area is 248 Å². The summed E-state index contributed by atoms with van der Waals surface area (Å²) in [6.07, 6.45) is 0.738. The van der Waals surface area contributed by atoms with Gasteiger partial charge in [-0.3, -0.25) is 24.1 Å². The number of thioether (sulfide) groups is 1. The molecule has 3 aromatic rings. The minimum atomic E-state index is -1.02. The predicted molar refractivity (Wildman–Crippen MR) is 154 cm³/mol. The van der Waals surface area contributed by atoms with E-state index in [4.69, 9.17) is 9.47 Å². The summed E-state index contributed by atoms with van der Waals surface area (Å²) >= 11 is 2.79. The smallest absolute Gasteiger partial charge is 0.305 e. The van der Waals surface area contributed by atoms with Crippen LogP contribution in [0.1, 0.15) is 29.7 Å². The number of imide groups is 1. The van der Waals surface area contributed by atoms with Crippen molar-refractivity contribution in [3.63, 3.8) is 0 Å². The summed E-state index contributed by atoms with van der Waals surface area (Å²) in [4.78, 5) is 58.4. The van der Waals surface area contributed by atoms with Crippen LogP contribution in [0, 0.1) is 35.4 Å². The maximum atomic E-state index is 14.0. The van der Waals surface area contributed by atoms with Crippen molar-refractivity contribution in [3.8, 4) is 11.5 Å². The number of likely N-dealkylation sites (tertiary alicyclic amines) is 1. The molecule has 218 valence electrons. The predicted octanol–water partition coefficient (Wildman–Crippen LogP) is 4.09. The molecule has 0 radical (unpaired) electrons. The molecule has 2 N–H and O–H groups in total. The number of amides is 3. The molecule has 2 bridgehead atoms. The van der Waals surface area contributed by atoms with Crippen LogP contribution in [-0.2, 0) is 14.4 Å². The standard InChI is InChI=1S/C30H28FN3O6S2/c1-12(26(35)32-15-7-5-14(31)6-8-15)34-28(36)22-16-11-17(23(22)29(34)37)24-21(16)20(25-27(41-24)33-30(38)42-25)13-4-9-18(39-2)19(10-13)40-3/h4-10,12,16-17,20-24H,11H2,1-3H3,(H,32,35)(H,33,38). The van der Waals surface area contributed by atoms with Crippen LogP contribution >= 0.6 is 23.1 Å². The molecule has 3 fully saturated rings. The quantitative estimate of drug-likeness (QED) is 0.404. The highest BCUT2D eigenvalue weighted by Gasteiger charge is 2.70. The molecule has 12 heteroatoms. The molecule has 0 spiro atoms. The number of H-pyrrole nitrogens is 1. The monoisotopic (exact) mass is 609 g/mol. The summed E-state index contributed by atoms with van der Waals surface area (Å²) in [5, 5.41) is 3.53. The molecule has 7 rings (SSSR count). The maximum Gasteiger partial charge on any atom is 0.305 e. The van der Waals surface area contributed by atoms with Crippen LogP contribution in [0.25, 0.3) is 0 Å². The number of nitrogens with one attached hydrogen (secondary N) is 2. The number of ether oxygens (including phenoxy) is 2. The van der Waals surface area contributed by atoms with Gasteiger partial charge in [0.05, 0.1) is 31.1 Å². The molecule has 3 heterocycles. The van der Waals surface area contributed by atoms with Crippen LogP contribution < -0.4 is 19.7 Å². The lowest BCUT2D eigenvalue weighted by Crippen LogP contribution is -2.46. The van der Waals surface area contributed by atoms with Crippen molar-refractivity contribution < 1.29 is 28.2 Å². The van der Waals surface area contributed by atoms with Gasteiger partial charge in [0, 0.05) is 21.7 Å². The lowest BCUT2D eigenvalue weighted by molar-refractivity contribution is -0.146. The topological polar surface area (TPSA) is 118 Å². The number of aromatic amines is 1. The number of hydrogen-bond acceptors (Lipinski definition) is 8. The van der Waals surface area contributed by atoms with Gasteiger partial charge in [0.2, 0.25) is 17.7 Å². The van der Waals surface area contributed by atoms with Crippen molar-refractivity contribution in [2.75, 3.05) is 19.5 Å². The number of benzene rings is 2. The number of anilines is 1. The number of nitrogens with zero attached hydrogens (tertiary/aromatic N) is 1. The van der Waals surface area contributed by atoms with Gasteiger partial charge in [0.1, 0.15) is 11.9 Å². The van der Waals surface area contributed by atoms with Crippen molar-refractivity contribution in [1.29, 1.82) is 0 Å². The summed E-state index contributed by atoms with van der Waals surface area (Å²) in [7, 11) is 3.15. The van der Waals surface area contributed by atoms with Crippen LogP contribution in [0.15, 0.2) is 52.3 Å². The fourth-order valence-corrected chi connectivity index (χ4v) is 10.6. The van der Waals surface area contributed by atoms with Crippen molar-refractivity contribution in [1.82, 2.24) is 9.88 Å². The Balaban J connectivity index is 1.22. The van der Waals surface area contributed by atoms with Crippen LogP contribution in [-0.4, -0.2) is 53.1 Å². The average molecular weight is 610 g/mol. The van der Waals surface area contributed by atoms with Gasteiger partial charge in [0.15, 0.2) is 11.5 Å². The van der Waals surface area contributed by atoms with E-state index in [9.17, 15) is 23.6 Å². The zero-order valence-corrected chi connectivity index (χ0v) is 24.6. The van der Waals surface area contributed by atoms with Gasteiger partial charge in [-0.1, -0.05) is 17.4 Å². The molecule has 9 nitrogen and oxygen atoms in total. The Kier molecular flexibility index (Phi) is 6.46. The third-order valence-corrected chi connectivity index (χ3v) is 12.0. The van der Waals surface area contributed by atoms with E-state index in [1.54, 1.807) is 32.9 Å². The largest absolute Gasteiger partial charge is 0.493 e. The van der Waals surface area contributed by atoms with E-state index >= 15 is 0 Å². The summed E-state index contributed by atoms with van der Waals surface area (Å²) in [6.45, 7) is 1.55. The fourth-order valence-electron chi connectivity index (χ4n) is 7.74. The molecular weight excluding hydrogens is 581 g/mol. The van der Waals surface area contributed by atoms with E-state index in [-0.39, 0.29) is 45.6 Å². The van der Waals surface area contributed by atoms with E-state index in [0.717, 1.165) is 26.8 Å². The van der Waals surface area contributed by atoms with E-state index in [0.29, 0.717) is 17.2 Å². The lowest BCUT2D eigenvalue weighted by Gasteiger charge is -2.43. The number of fused-ring (bicyclic) bond motifs is 9. The Hall–Kier alpha value is -3.64. The van der Waals surface area contributed by atoms with Crippen LogP contribution in [0.2, 0.25) is 0 Å². The second-order valence-corrected chi connectivity index (χ2v) is 13.5. The maximum absolute atomic E-state index is 14.0.